The highest BCUT2D eigenvalue weighted by molar-refractivity contribution is 5.93. The van der Waals surface area contributed by atoms with Crippen molar-refractivity contribution in [1.29, 1.82) is 0 Å². The Bertz CT molecular complexity index is 1030. The summed E-state index contributed by atoms with van der Waals surface area (Å²) in [4.78, 5) is 37.4. The third-order valence-electron chi connectivity index (χ3n) is 6.79. The zero-order valence-corrected chi connectivity index (χ0v) is 19.1. The van der Waals surface area contributed by atoms with Crippen LogP contribution in [-0.2, 0) is 14.3 Å². The monoisotopic (exact) mass is 450 g/mol. The van der Waals surface area contributed by atoms with Crippen molar-refractivity contribution in [1.82, 2.24) is 10.6 Å². The predicted molar refractivity (Wildman–Crippen MR) is 124 cm³/mol. The van der Waals surface area contributed by atoms with E-state index in [1.807, 2.05) is 36.4 Å². The number of aliphatic carboxylic acids is 1. The Morgan fingerprint density at radius 3 is 2.06 bits per heavy atom. The van der Waals surface area contributed by atoms with Crippen molar-refractivity contribution in [2.24, 2.45) is 11.8 Å². The summed E-state index contributed by atoms with van der Waals surface area (Å²) in [5.41, 5.74) is 3.26. The van der Waals surface area contributed by atoms with Crippen molar-refractivity contribution in [2.75, 3.05) is 6.61 Å². The number of carbonyl (C=O) groups excluding carboxylic acids is 2. The quantitative estimate of drug-likeness (QED) is 0.565. The lowest BCUT2D eigenvalue weighted by Gasteiger charge is -2.31. The minimum absolute atomic E-state index is 0.0559. The van der Waals surface area contributed by atoms with Crippen molar-refractivity contribution in [3.63, 3.8) is 0 Å². The lowest BCUT2D eigenvalue weighted by Crippen LogP contribution is -2.61. The van der Waals surface area contributed by atoms with Crippen LogP contribution in [-0.4, -0.2) is 41.3 Å². The number of nitrogens with one attached hydrogen (secondary N) is 2. The number of fused-ring (bicyclic) bond motifs is 3. The zero-order valence-electron chi connectivity index (χ0n) is 19.1. The fourth-order valence-corrected chi connectivity index (χ4v) is 4.66. The van der Waals surface area contributed by atoms with Crippen molar-refractivity contribution in [3.8, 4) is 11.1 Å². The first kappa shape index (κ1) is 22.8. The number of hydrogen-bond donors (Lipinski definition) is 3. The SMILES string of the molecule is CC(C)[C@@H](NC(=O)C(C)(NC(=O)OCC1c2ccccc2-c2ccccc21)C1CC1)C(=O)O. The lowest BCUT2D eigenvalue weighted by molar-refractivity contribution is -0.144. The maximum Gasteiger partial charge on any atom is 0.408 e. The molecule has 7 heteroatoms. The molecule has 33 heavy (non-hydrogen) atoms. The number of alkyl carbamates (subject to hydrolysis) is 1. The molecule has 7 nitrogen and oxygen atoms in total. The molecule has 0 saturated heterocycles. The Balaban J connectivity index is 1.45. The summed E-state index contributed by atoms with van der Waals surface area (Å²) in [6.45, 7) is 5.24. The van der Waals surface area contributed by atoms with E-state index in [4.69, 9.17) is 4.74 Å². The molecule has 2 aliphatic rings. The molecule has 0 aromatic heterocycles. The van der Waals surface area contributed by atoms with Crippen LogP contribution in [0.2, 0.25) is 0 Å². The summed E-state index contributed by atoms with van der Waals surface area (Å²) in [5.74, 6) is -2.03. The number of rotatable bonds is 8. The topological polar surface area (TPSA) is 105 Å². The molecule has 0 spiro atoms. The van der Waals surface area contributed by atoms with E-state index >= 15 is 0 Å². The minimum atomic E-state index is -1.23. The number of amides is 2. The van der Waals surface area contributed by atoms with Gasteiger partial charge in [0.1, 0.15) is 18.2 Å². The van der Waals surface area contributed by atoms with E-state index in [2.05, 4.69) is 22.8 Å². The molecular formula is C26H30N2O5. The molecule has 2 atom stereocenters. The van der Waals surface area contributed by atoms with Gasteiger partial charge in [0, 0.05) is 5.92 Å². The van der Waals surface area contributed by atoms with Gasteiger partial charge in [0.15, 0.2) is 0 Å². The van der Waals surface area contributed by atoms with Crippen LogP contribution in [0.3, 0.4) is 0 Å². The summed E-state index contributed by atoms with van der Waals surface area (Å²) in [5, 5.41) is 14.8. The van der Waals surface area contributed by atoms with E-state index in [1.54, 1.807) is 20.8 Å². The van der Waals surface area contributed by atoms with E-state index in [0.29, 0.717) is 0 Å². The number of carboxylic acids is 1. The van der Waals surface area contributed by atoms with Crippen molar-refractivity contribution >= 4 is 18.0 Å². The number of carboxylic acid groups (broad SMARTS) is 1. The summed E-state index contributed by atoms with van der Waals surface area (Å²) < 4.78 is 5.62. The van der Waals surface area contributed by atoms with E-state index in [-0.39, 0.29) is 24.4 Å². The predicted octanol–water partition coefficient (Wildman–Crippen LogP) is 3.92. The zero-order chi connectivity index (χ0) is 23.8. The molecule has 4 rings (SSSR count). The molecule has 1 fully saturated rings. The van der Waals surface area contributed by atoms with Gasteiger partial charge in [0.25, 0.3) is 0 Å². The summed E-state index contributed by atoms with van der Waals surface area (Å²) >= 11 is 0. The van der Waals surface area contributed by atoms with Crippen LogP contribution in [0.15, 0.2) is 48.5 Å². The fraction of sp³-hybridized carbons (Fsp3) is 0.423. The molecule has 0 heterocycles. The smallest absolute Gasteiger partial charge is 0.408 e. The van der Waals surface area contributed by atoms with Crippen molar-refractivity contribution < 1.29 is 24.2 Å². The second kappa shape index (κ2) is 8.89. The summed E-state index contributed by atoms with van der Waals surface area (Å²) in [6, 6.07) is 15.1. The summed E-state index contributed by atoms with van der Waals surface area (Å²) in [7, 11) is 0. The van der Waals surface area contributed by atoms with Crippen LogP contribution in [0.4, 0.5) is 4.79 Å². The van der Waals surface area contributed by atoms with Crippen LogP contribution in [0.5, 0.6) is 0 Å². The maximum absolute atomic E-state index is 13.0. The number of carbonyl (C=O) groups is 3. The standard InChI is InChI=1S/C26H30N2O5/c1-15(2)22(23(29)30)27-24(31)26(3,16-12-13-16)28-25(32)33-14-21-19-10-6-4-8-17(19)18-9-5-7-11-20(18)21/h4-11,15-16,21-22H,12-14H2,1-3H3,(H,27,31)(H,28,32)(H,29,30)/t22-,26?/m1/s1. The van der Waals surface area contributed by atoms with Gasteiger partial charge >= 0.3 is 12.1 Å². The van der Waals surface area contributed by atoms with Gasteiger partial charge in [0.2, 0.25) is 5.91 Å². The van der Waals surface area contributed by atoms with Gasteiger partial charge < -0.3 is 20.5 Å². The van der Waals surface area contributed by atoms with Gasteiger partial charge in [-0.05, 0) is 53.9 Å². The normalized spacial score (nSPS) is 17.5. The molecule has 2 amide bonds. The third-order valence-corrected chi connectivity index (χ3v) is 6.79. The fourth-order valence-electron chi connectivity index (χ4n) is 4.66. The molecular weight excluding hydrogens is 420 g/mol. The molecule has 0 radical (unpaired) electrons. The number of benzene rings is 2. The molecule has 0 bridgehead atoms. The van der Waals surface area contributed by atoms with Gasteiger partial charge in [-0.3, -0.25) is 4.79 Å². The second-order valence-corrected chi connectivity index (χ2v) is 9.46. The molecule has 1 saturated carbocycles. The lowest BCUT2D eigenvalue weighted by atomic mass is 9.93. The van der Waals surface area contributed by atoms with E-state index < -0.39 is 29.6 Å². The number of ether oxygens (including phenoxy) is 1. The first-order chi connectivity index (χ1) is 15.7. The highest BCUT2D eigenvalue weighted by atomic mass is 16.5. The first-order valence-electron chi connectivity index (χ1n) is 11.4. The van der Waals surface area contributed by atoms with Gasteiger partial charge in [-0.1, -0.05) is 62.4 Å². The molecule has 174 valence electrons. The van der Waals surface area contributed by atoms with Gasteiger partial charge in [-0.25, -0.2) is 9.59 Å². The Hall–Kier alpha value is -3.35. The van der Waals surface area contributed by atoms with E-state index in [0.717, 1.165) is 35.1 Å². The summed E-state index contributed by atoms with van der Waals surface area (Å²) in [6.07, 6.45) is 0.887. The molecule has 3 N–H and O–H groups in total. The number of hydrogen-bond acceptors (Lipinski definition) is 4. The molecule has 2 aromatic carbocycles. The van der Waals surface area contributed by atoms with Crippen LogP contribution in [0.1, 0.15) is 50.7 Å². The van der Waals surface area contributed by atoms with Gasteiger partial charge in [0.05, 0.1) is 0 Å². The van der Waals surface area contributed by atoms with Gasteiger partial charge in [-0.15, -0.1) is 0 Å². The largest absolute Gasteiger partial charge is 0.480 e. The second-order valence-electron chi connectivity index (χ2n) is 9.46. The highest BCUT2D eigenvalue weighted by Gasteiger charge is 2.49. The molecule has 2 aromatic rings. The van der Waals surface area contributed by atoms with Crippen molar-refractivity contribution in [3.05, 3.63) is 59.7 Å². The van der Waals surface area contributed by atoms with E-state index in [1.165, 1.54) is 0 Å². The van der Waals surface area contributed by atoms with Crippen LogP contribution in [0.25, 0.3) is 11.1 Å². The Morgan fingerprint density at radius 1 is 1.03 bits per heavy atom. The third kappa shape index (κ3) is 4.45. The van der Waals surface area contributed by atoms with E-state index in [9.17, 15) is 19.5 Å². The van der Waals surface area contributed by atoms with Crippen LogP contribution >= 0.6 is 0 Å². The van der Waals surface area contributed by atoms with Crippen molar-refractivity contribution in [2.45, 2.75) is 51.1 Å². The maximum atomic E-state index is 13.0. The average Bonchev–Trinajstić information content (AvgIpc) is 3.59. The highest BCUT2D eigenvalue weighted by Crippen LogP contribution is 2.44. The molecule has 1 unspecified atom stereocenters. The minimum Gasteiger partial charge on any atom is -0.480 e. The Morgan fingerprint density at radius 2 is 1.58 bits per heavy atom. The Kier molecular flexibility index (Phi) is 6.15. The van der Waals surface area contributed by atoms with Gasteiger partial charge in [-0.2, -0.15) is 0 Å². The Labute approximate surface area is 193 Å². The van der Waals surface area contributed by atoms with Crippen LogP contribution in [0, 0.1) is 11.8 Å². The average molecular weight is 451 g/mol. The molecule has 2 aliphatic carbocycles. The molecule has 0 aliphatic heterocycles. The first-order valence-corrected chi connectivity index (χ1v) is 11.4. The van der Waals surface area contributed by atoms with Crippen LogP contribution < -0.4 is 10.6 Å².